The molecule has 0 spiro atoms. The lowest BCUT2D eigenvalue weighted by atomic mass is 9.82. The molecule has 1 amide bonds. The Kier molecular flexibility index (Phi) is 5.81. The van der Waals surface area contributed by atoms with E-state index >= 15 is 0 Å². The number of thiophene rings is 1. The first-order chi connectivity index (χ1) is 13.6. The summed E-state index contributed by atoms with van der Waals surface area (Å²) in [4.78, 5) is 23.6. The summed E-state index contributed by atoms with van der Waals surface area (Å²) in [6, 6.07) is 8.34. The third-order valence-corrected chi connectivity index (χ3v) is 7.41. The molecule has 0 radical (unpaired) electrons. The molecule has 4 atom stereocenters. The predicted octanol–water partition coefficient (Wildman–Crippen LogP) is 5.25. The minimum absolute atomic E-state index is 0.0606. The molecule has 1 aromatic carbocycles. The highest BCUT2D eigenvalue weighted by molar-refractivity contribution is 7.17. The van der Waals surface area contributed by atoms with Gasteiger partial charge in [0.1, 0.15) is 0 Å². The van der Waals surface area contributed by atoms with Gasteiger partial charge in [0.25, 0.3) is 5.91 Å². The Morgan fingerprint density at radius 1 is 1.18 bits per heavy atom. The highest BCUT2D eigenvalue weighted by Gasteiger charge is 2.47. The number of carbonyl (C=O) groups is 2. The van der Waals surface area contributed by atoms with E-state index in [0.717, 1.165) is 28.5 Å². The Hall–Kier alpha value is -2.14. The van der Waals surface area contributed by atoms with Crippen LogP contribution in [0.4, 0.5) is 0 Å². The van der Waals surface area contributed by atoms with Crippen LogP contribution < -0.4 is 5.32 Å². The molecule has 5 heteroatoms. The molecule has 2 bridgehead atoms. The second-order valence-corrected chi connectivity index (χ2v) is 9.05. The Morgan fingerprint density at radius 2 is 2.00 bits per heavy atom. The van der Waals surface area contributed by atoms with Gasteiger partial charge in [0, 0.05) is 27.9 Å². The second-order valence-electron chi connectivity index (χ2n) is 8.13. The first-order valence-electron chi connectivity index (χ1n) is 10.3. The zero-order valence-electron chi connectivity index (χ0n) is 16.0. The van der Waals surface area contributed by atoms with Crippen LogP contribution in [0.25, 0.3) is 10.1 Å². The van der Waals surface area contributed by atoms with Gasteiger partial charge >= 0.3 is 5.97 Å². The van der Waals surface area contributed by atoms with Crippen LogP contribution in [0.3, 0.4) is 0 Å². The highest BCUT2D eigenvalue weighted by atomic mass is 32.1. The molecule has 148 valence electrons. The fourth-order valence-electron chi connectivity index (χ4n) is 5.10. The lowest BCUT2D eigenvalue weighted by molar-refractivity contribution is -0.137. The van der Waals surface area contributed by atoms with Crippen molar-refractivity contribution in [2.45, 2.75) is 51.0 Å². The van der Waals surface area contributed by atoms with Crippen molar-refractivity contribution in [3.8, 4) is 0 Å². The summed E-state index contributed by atoms with van der Waals surface area (Å²) < 4.78 is 1.15. The number of fused-ring (bicyclic) bond motifs is 3. The lowest BCUT2D eigenvalue weighted by Crippen LogP contribution is -2.43. The van der Waals surface area contributed by atoms with Crippen molar-refractivity contribution >= 4 is 33.3 Å². The van der Waals surface area contributed by atoms with Gasteiger partial charge in [-0.3, -0.25) is 9.59 Å². The van der Waals surface area contributed by atoms with Crippen molar-refractivity contribution in [3.05, 3.63) is 47.4 Å². The molecule has 4 nitrogen and oxygen atoms in total. The molecule has 0 saturated heterocycles. The molecule has 2 aliphatic carbocycles. The molecule has 4 unspecified atom stereocenters. The van der Waals surface area contributed by atoms with Gasteiger partial charge in [0.2, 0.25) is 0 Å². The van der Waals surface area contributed by atoms with E-state index in [1.54, 1.807) is 11.3 Å². The number of hydrogen-bond donors (Lipinski definition) is 2. The molecule has 4 rings (SSSR count). The number of carbonyl (C=O) groups excluding carboxylic acids is 1. The van der Waals surface area contributed by atoms with Gasteiger partial charge in [0.15, 0.2) is 0 Å². The zero-order chi connectivity index (χ0) is 19.5. The Balaban J connectivity index is 1.39. The molecule has 28 heavy (non-hydrogen) atoms. The molecule has 2 aliphatic rings. The summed E-state index contributed by atoms with van der Waals surface area (Å²) >= 11 is 1.63. The maximum atomic E-state index is 13.0. The van der Waals surface area contributed by atoms with Crippen LogP contribution >= 0.6 is 11.3 Å². The van der Waals surface area contributed by atoms with E-state index in [0.29, 0.717) is 24.2 Å². The summed E-state index contributed by atoms with van der Waals surface area (Å²) in [6.07, 6.45) is 10.7. The number of benzene rings is 1. The number of amides is 1. The average molecular weight is 398 g/mol. The fourth-order valence-corrected chi connectivity index (χ4v) is 6.04. The summed E-state index contributed by atoms with van der Waals surface area (Å²) in [6.45, 7) is 0. The van der Waals surface area contributed by atoms with Crippen LogP contribution in [-0.2, 0) is 4.79 Å². The van der Waals surface area contributed by atoms with Crippen LogP contribution in [0, 0.1) is 17.8 Å². The molecule has 2 fully saturated rings. The van der Waals surface area contributed by atoms with Crippen molar-refractivity contribution in [2.75, 3.05) is 0 Å². The number of carboxylic acids is 1. The van der Waals surface area contributed by atoms with E-state index < -0.39 is 5.97 Å². The van der Waals surface area contributed by atoms with Gasteiger partial charge < -0.3 is 10.4 Å². The number of carboxylic acid groups (broad SMARTS) is 1. The molecule has 0 aliphatic heterocycles. The first kappa shape index (κ1) is 19.2. The second kappa shape index (κ2) is 8.48. The number of hydrogen-bond acceptors (Lipinski definition) is 3. The van der Waals surface area contributed by atoms with Gasteiger partial charge in [0.05, 0.1) is 5.56 Å². The predicted molar refractivity (Wildman–Crippen MR) is 113 cm³/mol. The van der Waals surface area contributed by atoms with E-state index in [1.807, 2.05) is 23.6 Å². The summed E-state index contributed by atoms with van der Waals surface area (Å²) in [7, 11) is 0. The van der Waals surface area contributed by atoms with Crippen LogP contribution in [0.5, 0.6) is 0 Å². The minimum atomic E-state index is -0.731. The number of rotatable bonds is 8. The van der Waals surface area contributed by atoms with Crippen molar-refractivity contribution in [3.63, 3.8) is 0 Å². The number of unbranched alkanes of at least 4 members (excludes halogenated alkanes) is 1. The Labute approximate surface area is 169 Å². The van der Waals surface area contributed by atoms with E-state index in [2.05, 4.69) is 23.5 Å². The smallest absolute Gasteiger partial charge is 0.303 e. The van der Waals surface area contributed by atoms with E-state index in [4.69, 9.17) is 5.11 Å². The number of nitrogens with one attached hydrogen (secondary N) is 1. The normalized spacial score (nSPS) is 26.3. The quantitative estimate of drug-likeness (QED) is 0.472. The molecule has 2 N–H and O–H groups in total. The molecular weight excluding hydrogens is 370 g/mol. The van der Waals surface area contributed by atoms with Gasteiger partial charge in [-0.25, -0.2) is 0 Å². The summed E-state index contributed by atoms with van der Waals surface area (Å²) in [5, 5.41) is 15.1. The van der Waals surface area contributed by atoms with Gasteiger partial charge in [-0.1, -0.05) is 30.4 Å². The van der Waals surface area contributed by atoms with E-state index in [-0.39, 0.29) is 18.4 Å². The van der Waals surface area contributed by atoms with Crippen LogP contribution in [0.15, 0.2) is 41.8 Å². The maximum Gasteiger partial charge on any atom is 0.303 e. The molecule has 1 aromatic heterocycles. The highest BCUT2D eigenvalue weighted by Crippen LogP contribution is 2.50. The van der Waals surface area contributed by atoms with Crippen molar-refractivity contribution < 1.29 is 14.7 Å². The molecular formula is C23H27NO3S. The number of allylic oxidation sites excluding steroid dienone is 2. The largest absolute Gasteiger partial charge is 0.481 e. The Bertz CT molecular complexity index is 887. The maximum absolute atomic E-state index is 13.0. The molecule has 1 heterocycles. The van der Waals surface area contributed by atoms with Gasteiger partial charge in [-0.05, 0) is 62.3 Å². The third kappa shape index (κ3) is 4.00. The van der Waals surface area contributed by atoms with Crippen LogP contribution in [0.2, 0.25) is 0 Å². The van der Waals surface area contributed by atoms with Gasteiger partial charge in [-0.15, -0.1) is 11.3 Å². The van der Waals surface area contributed by atoms with Crippen LogP contribution in [0.1, 0.15) is 55.3 Å². The van der Waals surface area contributed by atoms with Gasteiger partial charge in [-0.2, -0.15) is 0 Å². The molecule has 2 saturated carbocycles. The minimum Gasteiger partial charge on any atom is -0.481 e. The van der Waals surface area contributed by atoms with E-state index in [1.165, 1.54) is 19.3 Å². The van der Waals surface area contributed by atoms with Crippen molar-refractivity contribution in [2.24, 2.45) is 17.8 Å². The van der Waals surface area contributed by atoms with E-state index in [9.17, 15) is 9.59 Å². The molecule has 2 aromatic rings. The lowest BCUT2D eigenvalue weighted by Gasteiger charge is -2.31. The monoisotopic (exact) mass is 397 g/mol. The first-order valence-corrected chi connectivity index (χ1v) is 11.2. The van der Waals surface area contributed by atoms with Crippen molar-refractivity contribution in [1.29, 1.82) is 0 Å². The average Bonchev–Trinajstić information content (AvgIpc) is 3.39. The zero-order valence-corrected chi connectivity index (χ0v) is 16.8. The third-order valence-electron chi connectivity index (χ3n) is 6.45. The Morgan fingerprint density at radius 3 is 2.86 bits per heavy atom. The summed E-state index contributed by atoms with van der Waals surface area (Å²) in [5.74, 6) is 1.14. The SMILES string of the molecule is O=C(O)CCC/C=C\CC1C2CCC(C2)C1NC(=O)c1csc2ccccc12. The number of aliphatic carboxylic acids is 1. The standard InChI is InChI=1S/C23H27NO3S/c25-21(26)10-4-2-1-3-7-17-15-11-12-16(13-15)22(17)24-23(27)19-14-28-20-9-6-5-8-18(19)20/h1,3,5-6,8-9,14-17,22H,2,4,7,10-13H2,(H,24,27)(H,25,26)/b3-1-. The topological polar surface area (TPSA) is 66.4 Å². The summed E-state index contributed by atoms with van der Waals surface area (Å²) in [5.41, 5.74) is 0.798. The van der Waals surface area contributed by atoms with Crippen LogP contribution in [-0.4, -0.2) is 23.0 Å². The fraction of sp³-hybridized carbons (Fsp3) is 0.478. The van der Waals surface area contributed by atoms with Crippen molar-refractivity contribution in [1.82, 2.24) is 5.32 Å².